The number of nitrogens with zero attached hydrogens (tertiary/aromatic N) is 1. The number of piperidine rings is 1. The second-order valence-electron chi connectivity index (χ2n) is 4.21. The minimum absolute atomic E-state index is 0.0693. The summed E-state index contributed by atoms with van der Waals surface area (Å²) in [7, 11) is 1.70. The molecule has 1 aliphatic rings. The highest BCUT2D eigenvalue weighted by Crippen LogP contribution is 2.23. The molecule has 1 unspecified atom stereocenters. The van der Waals surface area contributed by atoms with Crippen LogP contribution in [0.4, 0.5) is 0 Å². The van der Waals surface area contributed by atoms with Crippen molar-refractivity contribution in [2.24, 2.45) is 0 Å². The number of likely N-dealkylation sites (tertiary alicyclic amines) is 1. The first-order chi connectivity index (χ1) is 7.11. The highest BCUT2D eigenvalue weighted by molar-refractivity contribution is 5.77. The molecule has 1 fully saturated rings. The second-order valence-corrected chi connectivity index (χ2v) is 4.21. The average Bonchev–Trinajstić information content (AvgIpc) is 2.26. The van der Waals surface area contributed by atoms with Crippen LogP contribution in [0, 0.1) is 0 Å². The SMILES string of the molecule is CCOCC(=O)N1CCCC(C)(OC)C1. The third kappa shape index (κ3) is 3.47. The predicted molar refractivity (Wildman–Crippen MR) is 57.7 cm³/mol. The van der Waals surface area contributed by atoms with Crippen molar-refractivity contribution in [1.29, 1.82) is 0 Å². The van der Waals surface area contributed by atoms with E-state index in [0.29, 0.717) is 13.2 Å². The number of hydrogen-bond acceptors (Lipinski definition) is 3. The van der Waals surface area contributed by atoms with Gasteiger partial charge in [0.1, 0.15) is 6.61 Å². The van der Waals surface area contributed by atoms with Crippen molar-refractivity contribution in [1.82, 2.24) is 4.90 Å². The molecule has 4 nitrogen and oxygen atoms in total. The maximum Gasteiger partial charge on any atom is 0.248 e. The minimum Gasteiger partial charge on any atom is -0.377 e. The van der Waals surface area contributed by atoms with Gasteiger partial charge in [0.05, 0.1) is 5.60 Å². The average molecular weight is 215 g/mol. The molecule has 0 aromatic rings. The van der Waals surface area contributed by atoms with Crippen LogP contribution in [0.3, 0.4) is 0 Å². The van der Waals surface area contributed by atoms with Crippen LogP contribution < -0.4 is 0 Å². The van der Waals surface area contributed by atoms with Crippen molar-refractivity contribution in [3.8, 4) is 0 Å². The van der Waals surface area contributed by atoms with Crippen LogP contribution in [0.25, 0.3) is 0 Å². The van der Waals surface area contributed by atoms with Gasteiger partial charge in [-0.3, -0.25) is 4.79 Å². The van der Waals surface area contributed by atoms with Crippen molar-refractivity contribution in [2.75, 3.05) is 33.4 Å². The van der Waals surface area contributed by atoms with Gasteiger partial charge in [-0.05, 0) is 26.7 Å². The van der Waals surface area contributed by atoms with E-state index in [1.54, 1.807) is 7.11 Å². The van der Waals surface area contributed by atoms with Gasteiger partial charge in [0.25, 0.3) is 0 Å². The molecule has 88 valence electrons. The van der Waals surface area contributed by atoms with E-state index >= 15 is 0 Å². The van der Waals surface area contributed by atoms with Gasteiger partial charge in [-0.25, -0.2) is 0 Å². The summed E-state index contributed by atoms with van der Waals surface area (Å²) >= 11 is 0. The van der Waals surface area contributed by atoms with E-state index in [2.05, 4.69) is 0 Å². The molecule has 0 spiro atoms. The van der Waals surface area contributed by atoms with Gasteiger partial charge in [-0.15, -0.1) is 0 Å². The van der Waals surface area contributed by atoms with E-state index in [1.165, 1.54) is 0 Å². The van der Waals surface area contributed by atoms with Gasteiger partial charge in [-0.2, -0.15) is 0 Å². The molecule has 0 aliphatic carbocycles. The molecule has 4 heteroatoms. The highest BCUT2D eigenvalue weighted by atomic mass is 16.5. The van der Waals surface area contributed by atoms with Crippen LogP contribution in [0.5, 0.6) is 0 Å². The number of amides is 1. The number of rotatable bonds is 4. The van der Waals surface area contributed by atoms with Crippen LogP contribution in [0.15, 0.2) is 0 Å². The Hall–Kier alpha value is -0.610. The molecular formula is C11H21NO3. The summed E-state index contributed by atoms with van der Waals surface area (Å²) in [6.07, 6.45) is 2.02. The Kier molecular flexibility index (Phi) is 4.54. The van der Waals surface area contributed by atoms with Gasteiger partial charge >= 0.3 is 0 Å². The van der Waals surface area contributed by atoms with E-state index < -0.39 is 0 Å². The molecule has 1 amide bonds. The molecule has 0 aromatic carbocycles. The summed E-state index contributed by atoms with van der Waals surface area (Å²) in [5.41, 5.74) is -0.180. The number of hydrogen-bond donors (Lipinski definition) is 0. The quantitative estimate of drug-likeness (QED) is 0.703. The molecule has 15 heavy (non-hydrogen) atoms. The standard InChI is InChI=1S/C11H21NO3/c1-4-15-8-10(13)12-7-5-6-11(2,9-12)14-3/h4-9H2,1-3H3. The highest BCUT2D eigenvalue weighted by Gasteiger charge is 2.32. The number of ether oxygens (including phenoxy) is 2. The molecule has 1 rings (SSSR count). The van der Waals surface area contributed by atoms with Crippen LogP contribution in [-0.4, -0.2) is 49.8 Å². The van der Waals surface area contributed by atoms with E-state index in [0.717, 1.165) is 19.4 Å². The zero-order valence-corrected chi connectivity index (χ0v) is 9.91. The van der Waals surface area contributed by atoms with Crippen LogP contribution in [0.1, 0.15) is 26.7 Å². The lowest BCUT2D eigenvalue weighted by Gasteiger charge is -2.39. The molecule has 0 N–H and O–H groups in total. The first-order valence-electron chi connectivity index (χ1n) is 5.52. The van der Waals surface area contributed by atoms with Gasteiger partial charge < -0.3 is 14.4 Å². The fourth-order valence-corrected chi connectivity index (χ4v) is 1.87. The van der Waals surface area contributed by atoms with Crippen molar-refractivity contribution in [2.45, 2.75) is 32.3 Å². The number of methoxy groups -OCH3 is 1. The Morgan fingerprint density at radius 3 is 2.87 bits per heavy atom. The largest absolute Gasteiger partial charge is 0.377 e. The van der Waals surface area contributed by atoms with E-state index in [-0.39, 0.29) is 18.1 Å². The van der Waals surface area contributed by atoms with Gasteiger partial charge in [0, 0.05) is 26.8 Å². The lowest BCUT2D eigenvalue weighted by molar-refractivity contribution is -0.143. The van der Waals surface area contributed by atoms with Crippen LogP contribution in [0.2, 0.25) is 0 Å². The predicted octanol–water partition coefficient (Wildman–Crippen LogP) is 1.05. The maximum absolute atomic E-state index is 11.7. The number of carbonyl (C=O) groups excluding carboxylic acids is 1. The monoisotopic (exact) mass is 215 g/mol. The Morgan fingerprint density at radius 2 is 2.27 bits per heavy atom. The summed E-state index contributed by atoms with van der Waals surface area (Å²) < 4.78 is 10.5. The molecule has 0 bridgehead atoms. The van der Waals surface area contributed by atoms with E-state index in [9.17, 15) is 4.79 Å². The first-order valence-corrected chi connectivity index (χ1v) is 5.52. The summed E-state index contributed by atoms with van der Waals surface area (Å²) in [5.74, 6) is 0.0693. The Morgan fingerprint density at radius 1 is 1.53 bits per heavy atom. The fourth-order valence-electron chi connectivity index (χ4n) is 1.87. The smallest absolute Gasteiger partial charge is 0.248 e. The fraction of sp³-hybridized carbons (Fsp3) is 0.909. The second kappa shape index (κ2) is 5.47. The number of carbonyl (C=O) groups is 1. The molecule has 1 aliphatic heterocycles. The Labute approximate surface area is 91.5 Å². The van der Waals surface area contributed by atoms with Crippen LogP contribution in [-0.2, 0) is 14.3 Å². The maximum atomic E-state index is 11.7. The van der Waals surface area contributed by atoms with E-state index in [4.69, 9.17) is 9.47 Å². The zero-order valence-electron chi connectivity index (χ0n) is 9.91. The third-order valence-corrected chi connectivity index (χ3v) is 2.93. The topological polar surface area (TPSA) is 38.8 Å². The Balaban J connectivity index is 2.45. The first kappa shape index (κ1) is 12.5. The van der Waals surface area contributed by atoms with Gasteiger partial charge in [0.15, 0.2) is 0 Å². The van der Waals surface area contributed by atoms with E-state index in [1.807, 2.05) is 18.7 Å². The normalized spacial score (nSPS) is 26.7. The molecule has 1 saturated heterocycles. The molecule has 0 saturated carbocycles. The lowest BCUT2D eigenvalue weighted by Crippen LogP contribution is -2.50. The summed E-state index contributed by atoms with van der Waals surface area (Å²) in [6.45, 7) is 6.22. The van der Waals surface area contributed by atoms with Gasteiger partial charge in [-0.1, -0.05) is 0 Å². The van der Waals surface area contributed by atoms with Crippen molar-refractivity contribution < 1.29 is 14.3 Å². The van der Waals surface area contributed by atoms with Gasteiger partial charge in [0.2, 0.25) is 5.91 Å². The summed E-state index contributed by atoms with van der Waals surface area (Å²) in [6, 6.07) is 0. The zero-order chi connectivity index (χ0) is 11.3. The third-order valence-electron chi connectivity index (χ3n) is 2.93. The lowest BCUT2D eigenvalue weighted by atomic mass is 9.95. The molecule has 1 atom stereocenters. The van der Waals surface area contributed by atoms with Crippen molar-refractivity contribution in [3.63, 3.8) is 0 Å². The van der Waals surface area contributed by atoms with Crippen LogP contribution >= 0.6 is 0 Å². The Bertz CT molecular complexity index is 220. The molecule has 0 aromatic heterocycles. The molecule has 1 heterocycles. The summed E-state index contributed by atoms with van der Waals surface area (Å²) in [4.78, 5) is 13.5. The molecular weight excluding hydrogens is 194 g/mol. The van der Waals surface area contributed by atoms with Crippen molar-refractivity contribution in [3.05, 3.63) is 0 Å². The van der Waals surface area contributed by atoms with Crippen molar-refractivity contribution >= 4 is 5.91 Å². The molecule has 0 radical (unpaired) electrons. The minimum atomic E-state index is -0.180. The summed E-state index contributed by atoms with van der Waals surface area (Å²) in [5, 5.41) is 0.